The smallest absolute Gasteiger partial charge is 0.312 e. The lowest BCUT2D eigenvalue weighted by molar-refractivity contribution is -0.384. The lowest BCUT2D eigenvalue weighted by Crippen LogP contribution is -2.16. The first kappa shape index (κ1) is 17.3. The van der Waals surface area contributed by atoms with Crippen molar-refractivity contribution in [3.8, 4) is 0 Å². The number of nitro groups is 1. The van der Waals surface area contributed by atoms with Crippen molar-refractivity contribution in [3.05, 3.63) is 63.2 Å². The van der Waals surface area contributed by atoms with Crippen molar-refractivity contribution >= 4 is 23.2 Å². The molecule has 0 spiro atoms. The Morgan fingerprint density at radius 1 is 1.21 bits per heavy atom. The number of ketones is 1. The Balaban J connectivity index is 2.19. The molecule has 0 saturated heterocycles. The Morgan fingerprint density at radius 2 is 1.83 bits per heavy atom. The molecule has 0 aliphatic heterocycles. The summed E-state index contributed by atoms with van der Waals surface area (Å²) in [6.45, 7) is 5.46. The van der Waals surface area contributed by atoms with E-state index in [1.165, 1.54) is 30.3 Å². The summed E-state index contributed by atoms with van der Waals surface area (Å²) in [6.07, 6.45) is 3.05. The van der Waals surface area contributed by atoms with Gasteiger partial charge in [0.2, 0.25) is 0 Å². The number of hydrogen-bond acceptors (Lipinski definition) is 6. The van der Waals surface area contributed by atoms with Crippen LogP contribution < -0.4 is 0 Å². The van der Waals surface area contributed by atoms with Crippen LogP contribution in [0.25, 0.3) is 0 Å². The molecule has 124 valence electrons. The number of allylic oxidation sites excluding steroid dienone is 4. The van der Waals surface area contributed by atoms with Crippen molar-refractivity contribution in [2.45, 2.75) is 20.8 Å². The fourth-order valence-electron chi connectivity index (χ4n) is 2.09. The molecule has 0 bridgehead atoms. The predicted octanol–water partition coefficient (Wildman–Crippen LogP) is 3.22. The minimum Gasteiger partial charge on any atom is -0.312 e. The third kappa shape index (κ3) is 3.81. The first-order valence-corrected chi connectivity index (χ1v) is 7.28. The Bertz CT molecular complexity index is 786. The van der Waals surface area contributed by atoms with Crippen molar-refractivity contribution in [2.24, 2.45) is 11.1 Å². The van der Waals surface area contributed by atoms with Crippen LogP contribution >= 0.6 is 0 Å². The average molecular weight is 328 g/mol. The minimum absolute atomic E-state index is 0.0372. The number of carbonyl (C=O) groups excluding carboxylic acids is 2. The minimum atomic E-state index is -0.733. The highest BCUT2D eigenvalue weighted by molar-refractivity contribution is 6.21. The molecule has 0 heterocycles. The van der Waals surface area contributed by atoms with Gasteiger partial charge in [0.25, 0.3) is 5.69 Å². The molecule has 1 aliphatic rings. The number of oxime groups is 1. The van der Waals surface area contributed by atoms with Gasteiger partial charge in [-0.2, -0.15) is 0 Å². The molecule has 7 nitrogen and oxygen atoms in total. The van der Waals surface area contributed by atoms with Crippen LogP contribution in [0.4, 0.5) is 5.69 Å². The molecule has 24 heavy (non-hydrogen) atoms. The number of nitro benzene ring substituents is 1. The van der Waals surface area contributed by atoms with Gasteiger partial charge in [-0.05, 0) is 48.3 Å². The molecule has 2 rings (SSSR count). The number of benzene rings is 1. The maximum atomic E-state index is 12.0. The number of carbonyl (C=O) groups is 2. The van der Waals surface area contributed by atoms with E-state index in [4.69, 9.17) is 4.84 Å². The second-order valence-electron chi connectivity index (χ2n) is 5.61. The van der Waals surface area contributed by atoms with Crippen LogP contribution in [0, 0.1) is 16.0 Å². The van der Waals surface area contributed by atoms with Crippen LogP contribution in [-0.2, 0) is 9.63 Å². The Labute approximate surface area is 138 Å². The molecule has 0 radical (unpaired) electrons. The Kier molecular flexibility index (Phi) is 5.03. The summed E-state index contributed by atoms with van der Waals surface area (Å²) in [5.74, 6) is -0.794. The molecule has 0 unspecified atom stereocenters. The van der Waals surface area contributed by atoms with E-state index < -0.39 is 10.9 Å². The van der Waals surface area contributed by atoms with E-state index in [9.17, 15) is 19.7 Å². The quantitative estimate of drug-likeness (QED) is 0.366. The second-order valence-corrected chi connectivity index (χ2v) is 5.61. The van der Waals surface area contributed by atoms with Crippen molar-refractivity contribution in [3.63, 3.8) is 0 Å². The summed E-state index contributed by atoms with van der Waals surface area (Å²) in [5, 5.41) is 14.4. The molecule has 0 fully saturated rings. The molecule has 7 heteroatoms. The molecule has 0 amide bonds. The van der Waals surface area contributed by atoms with E-state index in [1.807, 2.05) is 13.8 Å². The van der Waals surface area contributed by atoms with Gasteiger partial charge in [0.1, 0.15) is 5.71 Å². The van der Waals surface area contributed by atoms with Crippen LogP contribution in [0.3, 0.4) is 0 Å². The van der Waals surface area contributed by atoms with Crippen LogP contribution in [0.15, 0.2) is 52.7 Å². The number of nitrogens with zero attached hydrogens (tertiary/aromatic N) is 2. The fraction of sp³-hybridized carbons (Fsp3) is 0.235. The Morgan fingerprint density at radius 3 is 2.38 bits per heavy atom. The highest BCUT2D eigenvalue weighted by Gasteiger charge is 2.20. The van der Waals surface area contributed by atoms with Gasteiger partial charge in [-0.25, -0.2) is 4.79 Å². The third-order valence-corrected chi connectivity index (χ3v) is 3.49. The maximum Gasteiger partial charge on any atom is 0.365 e. The van der Waals surface area contributed by atoms with Gasteiger partial charge in [-0.1, -0.05) is 19.0 Å². The summed E-state index contributed by atoms with van der Waals surface area (Å²) >= 11 is 0. The van der Waals surface area contributed by atoms with Crippen molar-refractivity contribution < 1.29 is 19.3 Å². The molecule has 1 aromatic carbocycles. The van der Waals surface area contributed by atoms with Gasteiger partial charge in [-0.15, -0.1) is 0 Å². The molecular formula is C17H16N2O5. The van der Waals surface area contributed by atoms with Crippen molar-refractivity contribution in [1.82, 2.24) is 0 Å². The highest BCUT2D eigenvalue weighted by Crippen LogP contribution is 2.20. The van der Waals surface area contributed by atoms with Crippen LogP contribution in [0.1, 0.15) is 31.1 Å². The van der Waals surface area contributed by atoms with Crippen molar-refractivity contribution in [2.75, 3.05) is 0 Å². The molecule has 0 saturated carbocycles. The van der Waals surface area contributed by atoms with E-state index in [-0.39, 0.29) is 23.0 Å². The van der Waals surface area contributed by atoms with E-state index >= 15 is 0 Å². The SMILES string of the molecule is CC1=C/C(=N\OC(=O)c2ccc([N+](=O)[O-])cc2)C(C(C)C)=CC1=O. The molecule has 0 atom stereocenters. The van der Waals surface area contributed by atoms with E-state index in [0.29, 0.717) is 16.9 Å². The zero-order valence-electron chi connectivity index (χ0n) is 13.5. The predicted molar refractivity (Wildman–Crippen MR) is 87.6 cm³/mol. The largest absolute Gasteiger partial charge is 0.365 e. The summed E-state index contributed by atoms with van der Waals surface area (Å²) in [4.78, 5) is 38.7. The number of non-ortho nitro benzene ring substituents is 1. The zero-order chi connectivity index (χ0) is 17.9. The number of hydrogen-bond donors (Lipinski definition) is 0. The summed E-state index contributed by atoms with van der Waals surface area (Å²) in [6, 6.07) is 5.02. The average Bonchev–Trinajstić information content (AvgIpc) is 2.55. The molecular weight excluding hydrogens is 312 g/mol. The van der Waals surface area contributed by atoms with Gasteiger partial charge in [0.05, 0.1) is 10.5 Å². The maximum absolute atomic E-state index is 12.0. The van der Waals surface area contributed by atoms with Gasteiger partial charge in [-0.3, -0.25) is 14.9 Å². The lowest BCUT2D eigenvalue weighted by Gasteiger charge is -2.15. The van der Waals surface area contributed by atoms with Gasteiger partial charge < -0.3 is 4.84 Å². The zero-order valence-corrected chi connectivity index (χ0v) is 13.5. The van der Waals surface area contributed by atoms with Crippen LogP contribution in [-0.4, -0.2) is 22.4 Å². The first-order chi connectivity index (χ1) is 11.3. The standard InChI is InChI=1S/C17H16N2O5/c1-10(2)14-9-16(20)11(3)8-15(14)18-24-17(21)12-4-6-13(7-5-12)19(22)23/h4-10H,1-3H3/b18-15+. The first-order valence-electron chi connectivity index (χ1n) is 7.28. The van der Waals surface area contributed by atoms with Crippen molar-refractivity contribution in [1.29, 1.82) is 0 Å². The topological polar surface area (TPSA) is 98.9 Å². The molecule has 0 N–H and O–H groups in total. The molecule has 0 aromatic heterocycles. The van der Waals surface area contributed by atoms with E-state index in [2.05, 4.69) is 5.16 Å². The van der Waals surface area contributed by atoms with Gasteiger partial charge >= 0.3 is 5.97 Å². The number of rotatable bonds is 4. The van der Waals surface area contributed by atoms with E-state index in [1.54, 1.807) is 13.0 Å². The second kappa shape index (κ2) is 6.99. The van der Waals surface area contributed by atoms with Gasteiger partial charge in [0, 0.05) is 12.1 Å². The Hall–Kier alpha value is -3.09. The highest BCUT2D eigenvalue weighted by atomic mass is 16.7. The normalized spacial score (nSPS) is 16.0. The fourth-order valence-corrected chi connectivity index (χ4v) is 2.09. The third-order valence-electron chi connectivity index (χ3n) is 3.49. The monoisotopic (exact) mass is 328 g/mol. The lowest BCUT2D eigenvalue weighted by atomic mass is 9.90. The van der Waals surface area contributed by atoms with Crippen LogP contribution in [0.2, 0.25) is 0 Å². The molecule has 1 aromatic rings. The summed E-state index contributed by atoms with van der Waals surface area (Å²) in [5.41, 5.74) is 1.63. The molecule has 1 aliphatic carbocycles. The van der Waals surface area contributed by atoms with E-state index in [0.717, 1.165) is 0 Å². The summed E-state index contributed by atoms with van der Waals surface area (Å²) in [7, 11) is 0. The van der Waals surface area contributed by atoms with Gasteiger partial charge in [0.15, 0.2) is 5.78 Å². The summed E-state index contributed by atoms with van der Waals surface area (Å²) < 4.78 is 0. The van der Waals surface area contributed by atoms with Crippen LogP contribution in [0.5, 0.6) is 0 Å².